The molecule has 0 N–H and O–H groups in total. The van der Waals surface area contributed by atoms with E-state index in [9.17, 15) is 9.59 Å². The van der Waals surface area contributed by atoms with Crippen LogP contribution in [0, 0.1) is 5.41 Å². The van der Waals surface area contributed by atoms with E-state index in [1.807, 2.05) is 9.25 Å². The maximum absolute atomic E-state index is 12.7. The second-order valence-corrected chi connectivity index (χ2v) is 9.00. The van der Waals surface area contributed by atoms with E-state index < -0.39 is 11.3 Å². The molecule has 3 heterocycles. The molecule has 1 aliphatic rings. The molecule has 9 heteroatoms. The van der Waals surface area contributed by atoms with E-state index in [0.717, 1.165) is 0 Å². The topological polar surface area (TPSA) is 72.5 Å². The Morgan fingerprint density at radius 3 is 2.70 bits per heavy atom. The summed E-state index contributed by atoms with van der Waals surface area (Å²) in [6.45, 7) is 6.90. The highest BCUT2D eigenvalue weighted by molar-refractivity contribution is 9.10. The number of amides is 1. The number of rotatable bonds is 2. The molecule has 2 aromatic rings. The van der Waals surface area contributed by atoms with Gasteiger partial charge in [-0.05, 0) is 21.3 Å². The fourth-order valence-electron chi connectivity index (χ4n) is 3.13. The van der Waals surface area contributed by atoms with Gasteiger partial charge in [-0.3, -0.25) is 14.3 Å². The minimum atomic E-state index is -0.567. The molecule has 0 aliphatic carbocycles. The van der Waals surface area contributed by atoms with Crippen molar-refractivity contribution in [3.63, 3.8) is 0 Å². The van der Waals surface area contributed by atoms with Gasteiger partial charge in [0.1, 0.15) is 20.9 Å². The zero-order valence-corrected chi connectivity index (χ0v) is 18.2. The molecule has 27 heavy (non-hydrogen) atoms. The Balaban J connectivity index is 2.23. The highest BCUT2D eigenvalue weighted by Gasteiger charge is 2.35. The molecule has 1 amide bonds. The van der Waals surface area contributed by atoms with E-state index in [1.54, 1.807) is 25.2 Å². The maximum Gasteiger partial charge on any atom is 0.283 e. The van der Waals surface area contributed by atoms with Crippen molar-refractivity contribution in [3.05, 3.63) is 37.7 Å². The fourth-order valence-corrected chi connectivity index (χ4v) is 3.74. The quantitative estimate of drug-likeness (QED) is 0.514. The Labute approximate surface area is 170 Å². The highest BCUT2D eigenvalue weighted by atomic mass is 79.9. The van der Waals surface area contributed by atoms with Gasteiger partial charge < -0.3 is 9.47 Å². The average Bonchev–Trinajstić information content (AvgIpc) is 2.85. The summed E-state index contributed by atoms with van der Waals surface area (Å²) in [5.74, 6) is -0.567. The van der Waals surface area contributed by atoms with Gasteiger partial charge >= 0.3 is 0 Å². The monoisotopic (exact) mass is 453 g/mol. The Morgan fingerprint density at radius 1 is 1.44 bits per heavy atom. The van der Waals surface area contributed by atoms with Crippen molar-refractivity contribution in [3.8, 4) is 11.4 Å². The lowest BCUT2D eigenvalue weighted by Gasteiger charge is -2.38. The summed E-state index contributed by atoms with van der Waals surface area (Å²) in [6, 6.07) is 1.43. The number of carbonyl (C=O) groups is 1. The lowest BCUT2D eigenvalue weighted by atomic mass is 9.85. The van der Waals surface area contributed by atoms with Crippen molar-refractivity contribution < 1.29 is 4.79 Å². The summed E-state index contributed by atoms with van der Waals surface area (Å²) in [5.41, 5.74) is 0.810. The number of aromatic nitrogens is 3. The third-order valence-corrected chi connectivity index (χ3v) is 5.64. The van der Waals surface area contributed by atoms with Crippen LogP contribution in [0.3, 0.4) is 0 Å². The van der Waals surface area contributed by atoms with Gasteiger partial charge in [-0.2, -0.15) is 10.1 Å². The molecule has 0 aromatic carbocycles. The van der Waals surface area contributed by atoms with Crippen molar-refractivity contribution in [2.24, 2.45) is 10.4 Å². The number of fused-ring (bicyclic) bond motifs is 3. The van der Waals surface area contributed by atoms with Gasteiger partial charge in [0.15, 0.2) is 5.43 Å². The van der Waals surface area contributed by atoms with Crippen molar-refractivity contribution in [1.82, 2.24) is 19.2 Å². The molecular formula is C18H21BrClN5O2. The summed E-state index contributed by atoms with van der Waals surface area (Å²) in [6.07, 6.45) is 2.99. The number of hydrogen-bond acceptors (Lipinski definition) is 3. The van der Waals surface area contributed by atoms with Crippen LogP contribution in [0.15, 0.2) is 26.7 Å². The molecule has 0 fully saturated rings. The van der Waals surface area contributed by atoms with Crippen LogP contribution < -0.4 is 5.43 Å². The van der Waals surface area contributed by atoms with Gasteiger partial charge in [-0.25, -0.2) is 0 Å². The molecular weight excluding hydrogens is 434 g/mol. The molecule has 1 atom stereocenters. The smallest absolute Gasteiger partial charge is 0.283 e. The van der Waals surface area contributed by atoms with E-state index in [-0.39, 0.29) is 17.0 Å². The molecule has 0 unspecified atom stereocenters. The molecule has 2 aromatic heterocycles. The minimum absolute atomic E-state index is 0.0205. The number of hydrogen-bond donors (Lipinski definition) is 0. The first-order chi connectivity index (χ1) is 12.5. The van der Waals surface area contributed by atoms with Crippen LogP contribution in [-0.2, 0) is 6.54 Å². The van der Waals surface area contributed by atoms with Gasteiger partial charge in [0, 0.05) is 26.4 Å². The van der Waals surface area contributed by atoms with Gasteiger partial charge in [-0.1, -0.05) is 32.4 Å². The number of aliphatic imine (C=N–C) groups is 1. The normalized spacial score (nSPS) is 16.3. The van der Waals surface area contributed by atoms with Gasteiger partial charge in [-0.15, -0.1) is 0 Å². The van der Waals surface area contributed by atoms with Crippen LogP contribution >= 0.6 is 27.5 Å². The molecule has 1 aliphatic heterocycles. The van der Waals surface area contributed by atoms with E-state index in [0.29, 0.717) is 27.6 Å². The zero-order chi connectivity index (χ0) is 20.1. The maximum atomic E-state index is 12.7. The van der Waals surface area contributed by atoms with Gasteiger partial charge in [0.05, 0.1) is 24.6 Å². The van der Waals surface area contributed by atoms with Crippen molar-refractivity contribution in [2.45, 2.75) is 33.4 Å². The first-order valence-electron chi connectivity index (χ1n) is 8.44. The fraction of sp³-hybridized carbons (Fsp3) is 0.444. The SMILES string of the molecule is CN(C)C=NC(=O)c1cn2c(cc1=O)-c1c(Cl)c(Br)nn1C[C@H]2C(C)(C)C. The predicted octanol–water partition coefficient (Wildman–Crippen LogP) is 3.46. The Morgan fingerprint density at radius 2 is 2.11 bits per heavy atom. The lowest BCUT2D eigenvalue weighted by molar-refractivity contribution is 0.0999. The van der Waals surface area contributed by atoms with E-state index in [1.165, 1.54) is 12.4 Å². The van der Waals surface area contributed by atoms with Crippen LogP contribution in [0.4, 0.5) is 0 Å². The van der Waals surface area contributed by atoms with E-state index in [2.05, 4.69) is 46.8 Å². The first-order valence-corrected chi connectivity index (χ1v) is 9.61. The van der Waals surface area contributed by atoms with Crippen LogP contribution in [0.5, 0.6) is 0 Å². The number of pyridine rings is 1. The number of halogens is 2. The lowest BCUT2D eigenvalue weighted by Crippen LogP contribution is -2.35. The molecule has 144 valence electrons. The molecule has 0 bridgehead atoms. The standard InChI is InChI=1S/C18H21BrClN5O2/c1-18(2,3)13-8-25-15(14(20)16(19)22-25)11-6-12(26)10(7-24(11)13)17(27)21-9-23(4)5/h6-7,9,13H,8H2,1-5H3/t13-/m0/s1. The summed E-state index contributed by atoms with van der Waals surface area (Å²) >= 11 is 9.77. The van der Waals surface area contributed by atoms with Crippen molar-refractivity contribution >= 4 is 39.8 Å². The summed E-state index contributed by atoms with van der Waals surface area (Å²) in [5, 5.41) is 4.88. The van der Waals surface area contributed by atoms with Crippen LogP contribution in [-0.4, -0.2) is 45.6 Å². The van der Waals surface area contributed by atoms with Crippen molar-refractivity contribution in [2.75, 3.05) is 14.1 Å². The second kappa shape index (κ2) is 6.91. The van der Waals surface area contributed by atoms with Gasteiger partial charge in [0.25, 0.3) is 5.91 Å². The molecule has 0 radical (unpaired) electrons. The second-order valence-electron chi connectivity index (χ2n) is 7.87. The molecule has 3 rings (SSSR count). The Hall–Kier alpha value is -1.93. The molecule has 0 saturated carbocycles. The van der Waals surface area contributed by atoms with Crippen LogP contribution in [0.2, 0.25) is 5.02 Å². The summed E-state index contributed by atoms with van der Waals surface area (Å²) < 4.78 is 4.29. The third kappa shape index (κ3) is 3.60. The minimum Gasteiger partial charge on any atom is -0.369 e. The third-order valence-electron chi connectivity index (χ3n) is 4.50. The Kier molecular flexibility index (Phi) is 5.07. The number of carbonyl (C=O) groups excluding carboxylic acids is 1. The summed E-state index contributed by atoms with van der Waals surface area (Å²) in [4.78, 5) is 30.6. The van der Waals surface area contributed by atoms with E-state index >= 15 is 0 Å². The summed E-state index contributed by atoms with van der Waals surface area (Å²) in [7, 11) is 3.51. The molecule has 0 saturated heterocycles. The highest BCUT2D eigenvalue weighted by Crippen LogP contribution is 2.43. The van der Waals surface area contributed by atoms with Crippen LogP contribution in [0.25, 0.3) is 11.4 Å². The first kappa shape index (κ1) is 19.8. The van der Waals surface area contributed by atoms with Crippen LogP contribution in [0.1, 0.15) is 37.2 Å². The number of nitrogens with zero attached hydrogens (tertiary/aromatic N) is 5. The Bertz CT molecular complexity index is 1000. The largest absolute Gasteiger partial charge is 0.369 e. The molecule has 0 spiro atoms. The molecule has 7 nitrogen and oxygen atoms in total. The van der Waals surface area contributed by atoms with Gasteiger partial charge in [0.2, 0.25) is 0 Å². The average molecular weight is 455 g/mol. The van der Waals surface area contributed by atoms with Crippen molar-refractivity contribution in [1.29, 1.82) is 0 Å². The predicted molar refractivity (Wildman–Crippen MR) is 110 cm³/mol. The van der Waals surface area contributed by atoms with E-state index in [4.69, 9.17) is 11.6 Å². The zero-order valence-electron chi connectivity index (χ0n) is 15.8.